The van der Waals surface area contributed by atoms with Crippen molar-refractivity contribution in [1.82, 2.24) is 14.3 Å². The molecule has 1 rings (SSSR count). The van der Waals surface area contributed by atoms with Crippen LogP contribution in [0.5, 0.6) is 0 Å². The van der Waals surface area contributed by atoms with E-state index in [1.165, 1.54) is 4.31 Å². The van der Waals surface area contributed by atoms with E-state index < -0.39 is 10.2 Å². The van der Waals surface area contributed by atoms with Crippen molar-refractivity contribution in [2.75, 3.05) is 26.7 Å². The van der Waals surface area contributed by atoms with Crippen LogP contribution in [0.1, 0.15) is 31.2 Å². The fraction of sp³-hybridized carbons (Fsp3) is 0.667. The van der Waals surface area contributed by atoms with Crippen LogP contribution in [0.3, 0.4) is 0 Å². The van der Waals surface area contributed by atoms with Crippen LogP contribution in [-0.4, -0.2) is 39.4 Å². The second-order valence-electron chi connectivity index (χ2n) is 4.39. The molecule has 0 aliphatic carbocycles. The molecule has 0 amide bonds. The van der Waals surface area contributed by atoms with Gasteiger partial charge in [-0.05, 0) is 37.9 Å². The Hall–Kier alpha value is -0.470. The van der Waals surface area contributed by atoms with Crippen LogP contribution in [0.2, 0.25) is 0 Å². The highest BCUT2D eigenvalue weighted by Gasteiger charge is 2.20. The van der Waals surface area contributed by atoms with Gasteiger partial charge in [-0.2, -0.15) is 17.4 Å². The van der Waals surface area contributed by atoms with Crippen LogP contribution in [0.4, 0.5) is 0 Å². The van der Waals surface area contributed by atoms with E-state index in [2.05, 4.69) is 10.0 Å². The van der Waals surface area contributed by atoms with E-state index in [9.17, 15) is 8.42 Å². The van der Waals surface area contributed by atoms with Crippen LogP contribution in [-0.2, 0) is 10.2 Å². The van der Waals surface area contributed by atoms with E-state index >= 15 is 0 Å². The number of hydrogen-bond donors (Lipinski definition) is 2. The molecule has 2 N–H and O–H groups in total. The van der Waals surface area contributed by atoms with Gasteiger partial charge in [0.1, 0.15) is 0 Å². The molecule has 0 saturated heterocycles. The van der Waals surface area contributed by atoms with Gasteiger partial charge in [0, 0.05) is 18.5 Å². The number of nitrogens with zero attached hydrogens (tertiary/aromatic N) is 1. The maximum absolute atomic E-state index is 12.1. The minimum Gasteiger partial charge on any atom is -0.317 e. The highest BCUT2D eigenvalue weighted by Crippen LogP contribution is 2.19. The Morgan fingerprint density at radius 3 is 2.79 bits per heavy atom. The van der Waals surface area contributed by atoms with Gasteiger partial charge in [0.15, 0.2) is 0 Å². The zero-order chi connectivity index (χ0) is 14.3. The predicted octanol–water partition coefficient (Wildman–Crippen LogP) is 1.57. The zero-order valence-electron chi connectivity index (χ0n) is 11.7. The monoisotopic (exact) mass is 305 g/mol. The van der Waals surface area contributed by atoms with Gasteiger partial charge in [-0.1, -0.05) is 13.0 Å². The summed E-state index contributed by atoms with van der Waals surface area (Å²) in [5, 5.41) is 5.12. The van der Waals surface area contributed by atoms with Crippen LogP contribution in [0, 0.1) is 0 Å². The molecule has 1 aromatic heterocycles. The topological polar surface area (TPSA) is 61.4 Å². The predicted molar refractivity (Wildman–Crippen MR) is 80.6 cm³/mol. The Morgan fingerprint density at radius 1 is 1.47 bits per heavy atom. The lowest BCUT2D eigenvalue weighted by atomic mass is 10.3. The summed E-state index contributed by atoms with van der Waals surface area (Å²) >= 11 is 1.55. The molecule has 0 aromatic carbocycles. The van der Waals surface area contributed by atoms with E-state index in [1.807, 2.05) is 31.4 Å². The van der Waals surface area contributed by atoms with Gasteiger partial charge in [0.25, 0.3) is 10.2 Å². The summed E-state index contributed by atoms with van der Waals surface area (Å²) in [6, 6.07) is 3.66. The van der Waals surface area contributed by atoms with Crippen molar-refractivity contribution in [2.24, 2.45) is 0 Å². The average molecular weight is 305 g/mol. The first-order valence-corrected chi connectivity index (χ1v) is 8.77. The van der Waals surface area contributed by atoms with Gasteiger partial charge >= 0.3 is 0 Å². The Balaban J connectivity index is 2.46. The quantitative estimate of drug-likeness (QED) is 0.681. The molecule has 0 spiro atoms. The summed E-state index contributed by atoms with van der Waals surface area (Å²) in [5.74, 6) is 0. The zero-order valence-corrected chi connectivity index (χ0v) is 13.4. The van der Waals surface area contributed by atoms with Gasteiger partial charge in [0.2, 0.25) is 0 Å². The highest BCUT2D eigenvalue weighted by atomic mass is 32.2. The van der Waals surface area contributed by atoms with Crippen molar-refractivity contribution in [3.05, 3.63) is 22.4 Å². The fourth-order valence-electron chi connectivity index (χ4n) is 1.63. The Kier molecular flexibility index (Phi) is 6.95. The third-order valence-electron chi connectivity index (χ3n) is 2.78. The van der Waals surface area contributed by atoms with Crippen LogP contribution >= 0.6 is 11.3 Å². The van der Waals surface area contributed by atoms with Gasteiger partial charge < -0.3 is 5.32 Å². The Labute approximate surface area is 120 Å². The largest absolute Gasteiger partial charge is 0.317 e. The van der Waals surface area contributed by atoms with Crippen molar-refractivity contribution in [1.29, 1.82) is 0 Å². The Morgan fingerprint density at radius 2 is 2.21 bits per heavy atom. The van der Waals surface area contributed by atoms with Crippen LogP contribution in [0.15, 0.2) is 17.5 Å². The lowest BCUT2D eigenvalue weighted by Gasteiger charge is -2.20. The van der Waals surface area contributed by atoms with Gasteiger partial charge in [-0.25, -0.2) is 0 Å². The second-order valence-corrected chi connectivity index (χ2v) is 7.18. The molecular weight excluding hydrogens is 282 g/mol. The van der Waals surface area contributed by atoms with Crippen molar-refractivity contribution < 1.29 is 8.42 Å². The lowest BCUT2D eigenvalue weighted by molar-refractivity contribution is 0.440. The van der Waals surface area contributed by atoms with E-state index in [-0.39, 0.29) is 6.04 Å². The van der Waals surface area contributed by atoms with Gasteiger partial charge in [-0.3, -0.25) is 0 Å². The summed E-state index contributed by atoms with van der Waals surface area (Å²) in [6.07, 6.45) is 0.804. The van der Waals surface area contributed by atoms with Crippen molar-refractivity contribution >= 4 is 21.5 Å². The fourth-order valence-corrected chi connectivity index (χ4v) is 3.56. The number of hydrogen-bond acceptors (Lipinski definition) is 4. The molecule has 1 unspecified atom stereocenters. The molecule has 7 heteroatoms. The van der Waals surface area contributed by atoms with Crippen molar-refractivity contribution in [3.8, 4) is 0 Å². The molecule has 0 aliphatic heterocycles. The molecule has 1 atom stereocenters. The molecule has 0 saturated carbocycles. The Bertz CT molecular complexity index is 446. The van der Waals surface area contributed by atoms with E-state index in [4.69, 9.17) is 0 Å². The first kappa shape index (κ1) is 16.6. The molecule has 1 heterocycles. The summed E-state index contributed by atoms with van der Waals surface area (Å²) in [7, 11) is -1.80. The second kappa shape index (κ2) is 7.96. The maximum atomic E-state index is 12.1. The third-order valence-corrected chi connectivity index (χ3v) is 5.49. The number of rotatable bonds is 9. The molecule has 110 valence electrons. The number of thiophene rings is 1. The minimum atomic E-state index is -3.41. The molecule has 1 aromatic rings. The van der Waals surface area contributed by atoms with Gasteiger partial charge in [-0.15, -0.1) is 11.3 Å². The summed E-state index contributed by atoms with van der Waals surface area (Å²) in [4.78, 5) is 1.02. The summed E-state index contributed by atoms with van der Waals surface area (Å²) in [5.41, 5.74) is 0. The van der Waals surface area contributed by atoms with E-state index in [0.29, 0.717) is 6.54 Å². The molecule has 0 fully saturated rings. The minimum absolute atomic E-state index is 0.193. The van der Waals surface area contributed by atoms with Crippen LogP contribution in [0.25, 0.3) is 0 Å². The number of nitrogens with one attached hydrogen (secondary N) is 2. The molecule has 0 aliphatic rings. The van der Waals surface area contributed by atoms with Crippen molar-refractivity contribution in [3.63, 3.8) is 0 Å². The van der Waals surface area contributed by atoms with E-state index in [1.54, 1.807) is 18.4 Å². The van der Waals surface area contributed by atoms with Crippen LogP contribution < -0.4 is 10.0 Å². The maximum Gasteiger partial charge on any atom is 0.279 e. The first-order chi connectivity index (χ1) is 8.97. The van der Waals surface area contributed by atoms with Gasteiger partial charge in [0.05, 0.1) is 6.04 Å². The third kappa shape index (κ3) is 5.58. The molecular formula is C12H23N3O2S2. The average Bonchev–Trinajstić information content (AvgIpc) is 2.87. The molecule has 0 bridgehead atoms. The molecule has 19 heavy (non-hydrogen) atoms. The van der Waals surface area contributed by atoms with E-state index in [0.717, 1.165) is 24.4 Å². The smallest absolute Gasteiger partial charge is 0.279 e. The lowest BCUT2D eigenvalue weighted by Crippen LogP contribution is -2.40. The summed E-state index contributed by atoms with van der Waals surface area (Å²) in [6.45, 7) is 6.14. The summed E-state index contributed by atoms with van der Waals surface area (Å²) < 4.78 is 28.3. The first-order valence-electron chi connectivity index (χ1n) is 6.45. The highest BCUT2D eigenvalue weighted by molar-refractivity contribution is 7.87. The standard InChI is InChI=1S/C12H23N3O2S2/c1-4-13-8-6-9-15(3)19(16,17)14-11(2)12-7-5-10-18-12/h5,7,10-11,13-14H,4,6,8-9H2,1-3H3. The molecule has 0 radical (unpaired) electrons. The normalized spacial score (nSPS) is 13.9. The SMILES string of the molecule is CCNCCCN(C)S(=O)(=O)NC(C)c1cccs1. The van der Waals surface area contributed by atoms with Crippen molar-refractivity contribution in [2.45, 2.75) is 26.3 Å². The molecule has 5 nitrogen and oxygen atoms in total.